The zero-order valence-electron chi connectivity index (χ0n) is 14.5. The van der Waals surface area contributed by atoms with E-state index in [1.165, 1.54) is 6.92 Å². The zero-order valence-corrected chi connectivity index (χ0v) is 14.5. The highest BCUT2D eigenvalue weighted by atomic mass is 16.6. The molecule has 0 bridgehead atoms. The standard InChI is InChI=1S/C18H19N3O5/c1-3-4-5-13-6-8-15(9-7-13)19-18(22)14-10-16(20(23)24)12(2)17(11-14)21(25)26/h6-11H,3-5H2,1-2H3,(H,19,22). The summed E-state index contributed by atoms with van der Waals surface area (Å²) in [6.45, 7) is 3.39. The fourth-order valence-electron chi connectivity index (χ4n) is 2.53. The predicted octanol–water partition coefficient (Wildman–Crippen LogP) is 4.41. The molecule has 0 heterocycles. The van der Waals surface area contributed by atoms with Crippen molar-refractivity contribution in [2.75, 3.05) is 5.32 Å². The Balaban J connectivity index is 2.26. The first-order valence-corrected chi connectivity index (χ1v) is 8.17. The molecule has 2 aromatic rings. The summed E-state index contributed by atoms with van der Waals surface area (Å²) in [5.41, 5.74) is 0.520. The number of nitrogens with zero attached hydrogens (tertiary/aromatic N) is 2. The van der Waals surface area contributed by atoms with E-state index in [1.807, 2.05) is 12.1 Å². The molecule has 136 valence electrons. The van der Waals surface area contributed by atoms with E-state index in [-0.39, 0.29) is 11.1 Å². The Hall–Kier alpha value is -3.29. The second kappa shape index (κ2) is 8.19. The van der Waals surface area contributed by atoms with Crippen molar-refractivity contribution in [2.45, 2.75) is 33.1 Å². The first-order valence-electron chi connectivity index (χ1n) is 8.17. The molecule has 0 aromatic heterocycles. The fraction of sp³-hybridized carbons (Fsp3) is 0.278. The molecule has 0 aliphatic rings. The summed E-state index contributed by atoms with van der Waals surface area (Å²) in [5.74, 6) is -0.641. The minimum absolute atomic E-state index is 0.0863. The highest BCUT2D eigenvalue weighted by molar-refractivity contribution is 6.05. The zero-order chi connectivity index (χ0) is 19.3. The second-order valence-corrected chi connectivity index (χ2v) is 5.91. The smallest absolute Gasteiger partial charge is 0.279 e. The number of unbranched alkanes of at least 4 members (excludes halogenated alkanes) is 1. The topological polar surface area (TPSA) is 115 Å². The van der Waals surface area contributed by atoms with Crippen molar-refractivity contribution in [3.63, 3.8) is 0 Å². The predicted molar refractivity (Wildman–Crippen MR) is 97.5 cm³/mol. The lowest BCUT2D eigenvalue weighted by atomic mass is 10.1. The minimum atomic E-state index is -0.734. The Morgan fingerprint density at radius 1 is 1.04 bits per heavy atom. The van der Waals surface area contributed by atoms with Gasteiger partial charge in [-0.05, 0) is 37.5 Å². The van der Waals surface area contributed by atoms with Gasteiger partial charge in [0.15, 0.2) is 0 Å². The van der Waals surface area contributed by atoms with Crippen molar-refractivity contribution in [3.8, 4) is 0 Å². The average Bonchev–Trinajstić information content (AvgIpc) is 2.60. The van der Waals surface area contributed by atoms with Crippen LogP contribution in [0.2, 0.25) is 0 Å². The Bertz CT molecular complexity index is 811. The number of nitrogens with one attached hydrogen (secondary N) is 1. The van der Waals surface area contributed by atoms with Crippen LogP contribution in [0.25, 0.3) is 0 Å². The number of rotatable bonds is 7. The maximum atomic E-state index is 12.4. The van der Waals surface area contributed by atoms with Crippen LogP contribution in [-0.2, 0) is 6.42 Å². The molecule has 0 aliphatic carbocycles. The van der Waals surface area contributed by atoms with Crippen LogP contribution in [0.15, 0.2) is 36.4 Å². The molecule has 0 saturated carbocycles. The number of aryl methyl sites for hydroxylation is 1. The van der Waals surface area contributed by atoms with E-state index in [0.29, 0.717) is 5.69 Å². The van der Waals surface area contributed by atoms with Gasteiger partial charge in [-0.2, -0.15) is 0 Å². The molecule has 0 radical (unpaired) electrons. The number of hydrogen-bond acceptors (Lipinski definition) is 5. The van der Waals surface area contributed by atoms with E-state index in [0.717, 1.165) is 37.0 Å². The summed E-state index contributed by atoms with van der Waals surface area (Å²) in [4.78, 5) is 33.1. The van der Waals surface area contributed by atoms with Crippen LogP contribution in [0.4, 0.5) is 17.1 Å². The van der Waals surface area contributed by atoms with Gasteiger partial charge in [-0.3, -0.25) is 25.0 Å². The summed E-state index contributed by atoms with van der Waals surface area (Å²) < 4.78 is 0. The summed E-state index contributed by atoms with van der Waals surface area (Å²) in [6.07, 6.45) is 3.10. The Kier molecular flexibility index (Phi) is 6.00. The van der Waals surface area contributed by atoms with Crippen molar-refractivity contribution in [2.24, 2.45) is 0 Å². The maximum absolute atomic E-state index is 12.4. The fourth-order valence-corrected chi connectivity index (χ4v) is 2.53. The van der Waals surface area contributed by atoms with Crippen LogP contribution in [0.1, 0.15) is 41.3 Å². The van der Waals surface area contributed by atoms with Crippen molar-refractivity contribution in [1.29, 1.82) is 0 Å². The normalized spacial score (nSPS) is 10.4. The summed E-state index contributed by atoms with van der Waals surface area (Å²) in [6, 6.07) is 9.36. The number of carbonyl (C=O) groups excluding carboxylic acids is 1. The molecule has 0 atom stereocenters. The quantitative estimate of drug-likeness (QED) is 0.582. The second-order valence-electron chi connectivity index (χ2n) is 5.91. The minimum Gasteiger partial charge on any atom is -0.322 e. The number of benzene rings is 2. The highest BCUT2D eigenvalue weighted by Crippen LogP contribution is 2.29. The van der Waals surface area contributed by atoms with Crippen LogP contribution in [-0.4, -0.2) is 15.8 Å². The number of nitro benzene ring substituents is 2. The molecule has 26 heavy (non-hydrogen) atoms. The van der Waals surface area contributed by atoms with Gasteiger partial charge in [-0.25, -0.2) is 0 Å². The number of amides is 1. The third kappa shape index (κ3) is 4.41. The molecular formula is C18H19N3O5. The molecule has 2 rings (SSSR count). The Labute approximate surface area is 150 Å². The van der Waals surface area contributed by atoms with E-state index < -0.39 is 27.1 Å². The van der Waals surface area contributed by atoms with Crippen molar-refractivity contribution >= 4 is 23.0 Å². The van der Waals surface area contributed by atoms with Crippen LogP contribution >= 0.6 is 0 Å². The van der Waals surface area contributed by atoms with Gasteiger partial charge in [0.2, 0.25) is 0 Å². The summed E-state index contributed by atoms with van der Waals surface area (Å²) in [5, 5.41) is 24.8. The molecule has 0 saturated heterocycles. The number of anilines is 1. The molecule has 0 unspecified atom stereocenters. The van der Waals surface area contributed by atoms with Crippen LogP contribution < -0.4 is 5.32 Å². The van der Waals surface area contributed by atoms with Gasteiger partial charge >= 0.3 is 0 Å². The van der Waals surface area contributed by atoms with Gasteiger partial charge in [-0.1, -0.05) is 25.5 Å². The van der Waals surface area contributed by atoms with E-state index in [1.54, 1.807) is 12.1 Å². The van der Waals surface area contributed by atoms with Gasteiger partial charge in [-0.15, -0.1) is 0 Å². The molecule has 0 spiro atoms. The lowest BCUT2D eigenvalue weighted by Gasteiger charge is -2.08. The lowest BCUT2D eigenvalue weighted by Crippen LogP contribution is -2.13. The van der Waals surface area contributed by atoms with Gasteiger partial charge in [0.25, 0.3) is 17.3 Å². The molecule has 0 aliphatic heterocycles. The largest absolute Gasteiger partial charge is 0.322 e. The van der Waals surface area contributed by atoms with E-state index in [4.69, 9.17) is 0 Å². The average molecular weight is 357 g/mol. The van der Waals surface area contributed by atoms with Gasteiger partial charge < -0.3 is 5.32 Å². The molecule has 1 N–H and O–H groups in total. The molecule has 2 aromatic carbocycles. The molecule has 8 nitrogen and oxygen atoms in total. The van der Waals surface area contributed by atoms with Crippen LogP contribution in [0.3, 0.4) is 0 Å². The van der Waals surface area contributed by atoms with E-state index >= 15 is 0 Å². The van der Waals surface area contributed by atoms with Crippen molar-refractivity contribution < 1.29 is 14.6 Å². The van der Waals surface area contributed by atoms with Gasteiger partial charge in [0.05, 0.1) is 15.4 Å². The Morgan fingerprint density at radius 2 is 1.58 bits per heavy atom. The molecule has 1 amide bonds. The maximum Gasteiger partial charge on any atom is 0.279 e. The van der Waals surface area contributed by atoms with Crippen LogP contribution in [0, 0.1) is 27.2 Å². The highest BCUT2D eigenvalue weighted by Gasteiger charge is 2.25. The number of nitro groups is 2. The summed E-state index contributed by atoms with van der Waals surface area (Å²) >= 11 is 0. The lowest BCUT2D eigenvalue weighted by molar-refractivity contribution is -0.395. The van der Waals surface area contributed by atoms with Crippen LogP contribution in [0.5, 0.6) is 0 Å². The Morgan fingerprint density at radius 3 is 2.04 bits per heavy atom. The number of carbonyl (C=O) groups is 1. The third-order valence-electron chi connectivity index (χ3n) is 4.04. The first-order chi connectivity index (χ1) is 12.3. The van der Waals surface area contributed by atoms with Crippen molar-refractivity contribution in [1.82, 2.24) is 0 Å². The van der Waals surface area contributed by atoms with E-state index in [2.05, 4.69) is 12.2 Å². The SMILES string of the molecule is CCCCc1ccc(NC(=O)c2cc([N+](=O)[O-])c(C)c([N+](=O)[O-])c2)cc1. The molecule has 8 heteroatoms. The van der Waals surface area contributed by atoms with Gasteiger partial charge in [0, 0.05) is 17.8 Å². The first kappa shape index (κ1) is 19.0. The van der Waals surface area contributed by atoms with E-state index in [9.17, 15) is 25.0 Å². The molecule has 0 fully saturated rings. The van der Waals surface area contributed by atoms with Gasteiger partial charge in [0.1, 0.15) is 5.56 Å². The monoisotopic (exact) mass is 357 g/mol. The molecular weight excluding hydrogens is 338 g/mol. The summed E-state index contributed by atoms with van der Waals surface area (Å²) in [7, 11) is 0. The van der Waals surface area contributed by atoms with Crippen molar-refractivity contribution in [3.05, 3.63) is 73.3 Å². The number of hydrogen-bond donors (Lipinski definition) is 1. The third-order valence-corrected chi connectivity index (χ3v) is 4.04.